The molecule has 0 fully saturated rings. The molecule has 0 amide bonds. The molecule has 0 radical (unpaired) electrons. The smallest absolute Gasteiger partial charge is 0.261 e. The Morgan fingerprint density at radius 2 is 1.62 bits per heavy atom. The van der Waals surface area contributed by atoms with E-state index in [4.69, 9.17) is 0 Å². The molecule has 0 spiro atoms. The highest BCUT2D eigenvalue weighted by atomic mass is 32.2. The van der Waals surface area contributed by atoms with Crippen LogP contribution in [0.3, 0.4) is 0 Å². The maximum atomic E-state index is 12.4. The number of hydrogen-bond acceptors (Lipinski definition) is 3. The molecular weight excluding hydrogens is 286 g/mol. The van der Waals surface area contributed by atoms with Crippen LogP contribution in [-0.4, -0.2) is 13.5 Å². The van der Waals surface area contributed by atoms with Crippen molar-refractivity contribution in [1.82, 2.24) is 0 Å². The SMILES string of the molecule is Cc1ccc(NS(=O)(=O)c2ccc(C)c(CO)c2)cc1C. The minimum absolute atomic E-state index is 0.148. The van der Waals surface area contributed by atoms with Gasteiger partial charge in [-0.15, -0.1) is 0 Å². The summed E-state index contributed by atoms with van der Waals surface area (Å²) in [5.41, 5.74) is 4.14. The second-order valence-electron chi connectivity index (χ2n) is 5.15. The molecule has 112 valence electrons. The highest BCUT2D eigenvalue weighted by Crippen LogP contribution is 2.21. The summed E-state index contributed by atoms with van der Waals surface area (Å²) < 4.78 is 27.3. The van der Waals surface area contributed by atoms with Crippen LogP contribution >= 0.6 is 0 Å². The van der Waals surface area contributed by atoms with Crippen LogP contribution < -0.4 is 4.72 Å². The Bertz CT molecular complexity index is 767. The van der Waals surface area contributed by atoms with E-state index >= 15 is 0 Å². The van der Waals surface area contributed by atoms with E-state index < -0.39 is 10.0 Å². The van der Waals surface area contributed by atoms with Gasteiger partial charge in [-0.25, -0.2) is 8.42 Å². The van der Waals surface area contributed by atoms with Gasteiger partial charge in [-0.2, -0.15) is 0 Å². The summed E-state index contributed by atoms with van der Waals surface area (Å²) in [4.78, 5) is 0.148. The second kappa shape index (κ2) is 5.87. The Morgan fingerprint density at radius 3 is 2.24 bits per heavy atom. The molecule has 2 rings (SSSR count). The highest BCUT2D eigenvalue weighted by Gasteiger charge is 2.15. The summed E-state index contributed by atoms with van der Waals surface area (Å²) in [5, 5.41) is 9.25. The molecule has 0 aliphatic heterocycles. The topological polar surface area (TPSA) is 66.4 Å². The first kappa shape index (κ1) is 15.5. The predicted octanol–water partition coefficient (Wildman–Crippen LogP) is 2.90. The Morgan fingerprint density at radius 1 is 0.952 bits per heavy atom. The lowest BCUT2D eigenvalue weighted by molar-refractivity contribution is 0.281. The third kappa shape index (κ3) is 3.43. The van der Waals surface area contributed by atoms with Gasteiger partial charge in [0.15, 0.2) is 0 Å². The van der Waals surface area contributed by atoms with E-state index in [2.05, 4.69) is 4.72 Å². The van der Waals surface area contributed by atoms with Gasteiger partial charge in [-0.05, 0) is 67.3 Å². The van der Waals surface area contributed by atoms with Gasteiger partial charge in [-0.3, -0.25) is 4.72 Å². The molecule has 0 bridgehead atoms. The van der Waals surface area contributed by atoms with Crippen molar-refractivity contribution in [3.05, 3.63) is 58.7 Å². The van der Waals surface area contributed by atoms with Crippen molar-refractivity contribution >= 4 is 15.7 Å². The molecule has 2 aromatic carbocycles. The summed E-state index contributed by atoms with van der Waals surface area (Å²) in [6.45, 7) is 5.56. The lowest BCUT2D eigenvalue weighted by Gasteiger charge is -2.11. The van der Waals surface area contributed by atoms with Crippen molar-refractivity contribution in [3.8, 4) is 0 Å². The molecule has 0 aromatic heterocycles. The summed E-state index contributed by atoms with van der Waals surface area (Å²) in [7, 11) is -3.65. The summed E-state index contributed by atoms with van der Waals surface area (Å²) in [5.74, 6) is 0. The molecular formula is C16H19NO3S. The Hall–Kier alpha value is -1.85. The van der Waals surface area contributed by atoms with E-state index in [0.29, 0.717) is 11.3 Å². The van der Waals surface area contributed by atoms with Crippen molar-refractivity contribution in [2.45, 2.75) is 32.3 Å². The number of anilines is 1. The second-order valence-corrected chi connectivity index (χ2v) is 6.83. The maximum absolute atomic E-state index is 12.4. The molecule has 2 N–H and O–H groups in total. The van der Waals surface area contributed by atoms with Gasteiger partial charge in [0.2, 0.25) is 0 Å². The zero-order valence-electron chi connectivity index (χ0n) is 12.3. The molecule has 0 aliphatic rings. The normalized spacial score (nSPS) is 11.4. The lowest BCUT2D eigenvalue weighted by Crippen LogP contribution is -2.13. The average molecular weight is 305 g/mol. The molecule has 0 saturated carbocycles. The number of rotatable bonds is 4. The van der Waals surface area contributed by atoms with E-state index in [1.54, 1.807) is 18.2 Å². The highest BCUT2D eigenvalue weighted by molar-refractivity contribution is 7.92. The first-order valence-electron chi connectivity index (χ1n) is 6.64. The van der Waals surface area contributed by atoms with Gasteiger partial charge >= 0.3 is 0 Å². The van der Waals surface area contributed by atoms with Crippen molar-refractivity contribution in [2.24, 2.45) is 0 Å². The third-order valence-electron chi connectivity index (χ3n) is 3.56. The summed E-state index contributed by atoms with van der Waals surface area (Å²) >= 11 is 0. The number of aliphatic hydroxyl groups is 1. The van der Waals surface area contributed by atoms with Crippen LogP contribution in [0.5, 0.6) is 0 Å². The van der Waals surface area contributed by atoms with Crippen molar-refractivity contribution < 1.29 is 13.5 Å². The fraction of sp³-hybridized carbons (Fsp3) is 0.250. The van der Waals surface area contributed by atoms with Crippen LogP contribution in [0.2, 0.25) is 0 Å². The largest absolute Gasteiger partial charge is 0.392 e. The number of sulfonamides is 1. The van der Waals surface area contributed by atoms with Gasteiger partial charge in [0, 0.05) is 5.69 Å². The lowest BCUT2D eigenvalue weighted by atomic mass is 10.1. The fourth-order valence-electron chi connectivity index (χ4n) is 2.00. The molecule has 21 heavy (non-hydrogen) atoms. The maximum Gasteiger partial charge on any atom is 0.261 e. The van der Waals surface area contributed by atoms with Gasteiger partial charge in [0.05, 0.1) is 11.5 Å². The Kier molecular flexibility index (Phi) is 4.34. The molecule has 2 aromatic rings. The monoisotopic (exact) mass is 305 g/mol. The Labute approximate surface area is 125 Å². The molecule has 0 aliphatic carbocycles. The van der Waals surface area contributed by atoms with Crippen molar-refractivity contribution in [3.63, 3.8) is 0 Å². The zero-order chi connectivity index (χ0) is 15.6. The van der Waals surface area contributed by atoms with E-state index in [1.807, 2.05) is 26.8 Å². The van der Waals surface area contributed by atoms with Crippen LogP contribution in [0, 0.1) is 20.8 Å². The van der Waals surface area contributed by atoms with E-state index in [9.17, 15) is 13.5 Å². The van der Waals surface area contributed by atoms with E-state index in [1.165, 1.54) is 12.1 Å². The van der Waals surface area contributed by atoms with Gasteiger partial charge in [0.1, 0.15) is 0 Å². The van der Waals surface area contributed by atoms with Gasteiger partial charge < -0.3 is 5.11 Å². The molecule has 0 unspecified atom stereocenters. The molecule has 4 nitrogen and oxygen atoms in total. The number of nitrogens with one attached hydrogen (secondary N) is 1. The number of aliphatic hydroxyl groups excluding tert-OH is 1. The first-order chi connectivity index (χ1) is 9.83. The predicted molar refractivity (Wildman–Crippen MR) is 83.8 cm³/mol. The zero-order valence-corrected chi connectivity index (χ0v) is 13.2. The number of hydrogen-bond donors (Lipinski definition) is 2. The first-order valence-corrected chi connectivity index (χ1v) is 8.12. The summed E-state index contributed by atoms with van der Waals surface area (Å²) in [6.07, 6.45) is 0. The van der Waals surface area contributed by atoms with Crippen LogP contribution in [0.15, 0.2) is 41.3 Å². The summed E-state index contributed by atoms with van der Waals surface area (Å²) in [6, 6.07) is 10.1. The average Bonchev–Trinajstić information content (AvgIpc) is 2.43. The molecule has 0 atom stereocenters. The van der Waals surface area contributed by atoms with Gasteiger partial charge in [-0.1, -0.05) is 12.1 Å². The minimum Gasteiger partial charge on any atom is -0.392 e. The quantitative estimate of drug-likeness (QED) is 0.912. The van der Waals surface area contributed by atoms with Crippen LogP contribution in [0.4, 0.5) is 5.69 Å². The standard InChI is InChI=1S/C16H19NO3S/c1-11-4-6-15(8-13(11)3)17-21(19,20)16-7-5-12(2)14(9-16)10-18/h4-9,17-18H,10H2,1-3H3. The van der Waals surface area contributed by atoms with Gasteiger partial charge in [0.25, 0.3) is 10.0 Å². The van der Waals surface area contributed by atoms with E-state index in [0.717, 1.165) is 16.7 Å². The van der Waals surface area contributed by atoms with Crippen molar-refractivity contribution in [2.75, 3.05) is 4.72 Å². The van der Waals surface area contributed by atoms with Crippen LogP contribution in [0.1, 0.15) is 22.3 Å². The fourth-order valence-corrected chi connectivity index (χ4v) is 3.10. The Balaban J connectivity index is 2.35. The minimum atomic E-state index is -3.65. The number of benzene rings is 2. The molecule has 0 saturated heterocycles. The van der Waals surface area contributed by atoms with Crippen LogP contribution in [0.25, 0.3) is 0 Å². The van der Waals surface area contributed by atoms with Crippen molar-refractivity contribution in [1.29, 1.82) is 0 Å². The third-order valence-corrected chi connectivity index (χ3v) is 4.94. The van der Waals surface area contributed by atoms with Crippen LogP contribution in [-0.2, 0) is 16.6 Å². The molecule has 0 heterocycles. The molecule has 5 heteroatoms. The van der Waals surface area contributed by atoms with E-state index in [-0.39, 0.29) is 11.5 Å². The number of aryl methyl sites for hydroxylation is 3.